The molecule has 0 saturated carbocycles. The van der Waals surface area contributed by atoms with E-state index in [1.165, 1.54) is 6.92 Å². The van der Waals surface area contributed by atoms with E-state index in [0.717, 1.165) is 11.1 Å². The molecular formula is C17H17N3O3. The molecule has 2 amide bonds. The maximum absolute atomic E-state index is 12.5. The van der Waals surface area contributed by atoms with Gasteiger partial charge in [0.25, 0.3) is 17.4 Å². The van der Waals surface area contributed by atoms with Crippen molar-refractivity contribution >= 4 is 17.6 Å². The van der Waals surface area contributed by atoms with Gasteiger partial charge in [0.05, 0.1) is 0 Å². The zero-order valence-corrected chi connectivity index (χ0v) is 12.9. The Bertz CT molecular complexity index is 775. The quantitative estimate of drug-likeness (QED) is 0.847. The van der Waals surface area contributed by atoms with E-state index in [1.807, 2.05) is 31.2 Å². The van der Waals surface area contributed by atoms with Gasteiger partial charge in [-0.15, -0.1) is 0 Å². The Labute approximate surface area is 133 Å². The third-order valence-electron chi connectivity index (χ3n) is 3.88. The summed E-state index contributed by atoms with van der Waals surface area (Å²) in [6.45, 7) is 3.75. The summed E-state index contributed by atoms with van der Waals surface area (Å²) in [5, 5.41) is 5.37. The second-order valence-corrected chi connectivity index (χ2v) is 5.55. The van der Waals surface area contributed by atoms with Gasteiger partial charge in [-0.25, -0.2) is 4.98 Å². The molecule has 1 aromatic carbocycles. The molecular weight excluding hydrogens is 294 g/mol. The Morgan fingerprint density at radius 1 is 1.30 bits per heavy atom. The summed E-state index contributed by atoms with van der Waals surface area (Å²) in [4.78, 5) is 28.8. The maximum atomic E-state index is 12.5. The van der Waals surface area contributed by atoms with Crippen molar-refractivity contribution in [3.8, 4) is 5.75 Å². The lowest BCUT2D eigenvalue weighted by Crippen LogP contribution is -2.58. The van der Waals surface area contributed by atoms with Crippen molar-refractivity contribution < 1.29 is 14.3 Å². The van der Waals surface area contributed by atoms with E-state index >= 15 is 0 Å². The standard InChI is InChI=1S/C17H17N3O3/c1-11-6-3-4-7-12(11)10-19-15(21)17(2)16(22)20-14-13(23-17)8-5-9-18-14/h3-9H,10H2,1-2H3,(H,19,21)(H,18,20,22)/t17-/m0/s1. The number of benzene rings is 1. The van der Waals surface area contributed by atoms with E-state index < -0.39 is 17.4 Å². The minimum atomic E-state index is -1.63. The molecule has 0 aliphatic carbocycles. The van der Waals surface area contributed by atoms with Gasteiger partial charge in [-0.3, -0.25) is 9.59 Å². The number of hydrogen-bond acceptors (Lipinski definition) is 4. The average molecular weight is 311 g/mol. The average Bonchev–Trinajstić information content (AvgIpc) is 2.55. The number of hydrogen-bond donors (Lipinski definition) is 2. The molecule has 3 rings (SSSR count). The van der Waals surface area contributed by atoms with E-state index in [0.29, 0.717) is 18.1 Å². The molecule has 1 aliphatic heterocycles. The fourth-order valence-corrected chi connectivity index (χ4v) is 2.36. The van der Waals surface area contributed by atoms with Crippen LogP contribution in [0.1, 0.15) is 18.1 Å². The summed E-state index contributed by atoms with van der Waals surface area (Å²) < 4.78 is 5.63. The third-order valence-corrected chi connectivity index (χ3v) is 3.88. The Morgan fingerprint density at radius 2 is 2.09 bits per heavy atom. The van der Waals surface area contributed by atoms with Crippen molar-refractivity contribution in [3.63, 3.8) is 0 Å². The van der Waals surface area contributed by atoms with E-state index in [4.69, 9.17) is 4.74 Å². The van der Waals surface area contributed by atoms with Crippen molar-refractivity contribution in [1.29, 1.82) is 0 Å². The van der Waals surface area contributed by atoms with Crippen LogP contribution in [0.15, 0.2) is 42.6 Å². The van der Waals surface area contributed by atoms with Gasteiger partial charge in [0.2, 0.25) is 0 Å². The summed E-state index contributed by atoms with van der Waals surface area (Å²) in [7, 11) is 0. The minimum absolute atomic E-state index is 0.321. The van der Waals surface area contributed by atoms with Gasteiger partial charge in [0, 0.05) is 12.7 Å². The molecule has 1 aromatic heterocycles. The summed E-state index contributed by atoms with van der Waals surface area (Å²) >= 11 is 0. The first-order valence-corrected chi connectivity index (χ1v) is 7.29. The molecule has 1 aliphatic rings. The lowest BCUT2D eigenvalue weighted by molar-refractivity contribution is -0.146. The topological polar surface area (TPSA) is 80.3 Å². The highest BCUT2D eigenvalue weighted by molar-refractivity contribution is 6.15. The maximum Gasteiger partial charge on any atom is 0.279 e. The fourth-order valence-electron chi connectivity index (χ4n) is 2.36. The van der Waals surface area contributed by atoms with Gasteiger partial charge < -0.3 is 15.4 Å². The smallest absolute Gasteiger partial charge is 0.279 e. The molecule has 0 radical (unpaired) electrons. The van der Waals surface area contributed by atoms with Crippen molar-refractivity contribution in [2.45, 2.75) is 26.0 Å². The number of ether oxygens (including phenoxy) is 1. The Hall–Kier alpha value is -2.89. The molecule has 0 spiro atoms. The SMILES string of the molecule is Cc1ccccc1CNC(=O)[C@]1(C)Oc2cccnc2NC1=O. The number of carbonyl (C=O) groups is 2. The van der Waals surface area contributed by atoms with Crippen molar-refractivity contribution in [3.05, 3.63) is 53.7 Å². The molecule has 6 nitrogen and oxygen atoms in total. The highest BCUT2D eigenvalue weighted by Crippen LogP contribution is 2.31. The molecule has 2 N–H and O–H groups in total. The van der Waals surface area contributed by atoms with Crippen LogP contribution in [0.3, 0.4) is 0 Å². The monoisotopic (exact) mass is 311 g/mol. The zero-order valence-electron chi connectivity index (χ0n) is 12.9. The number of pyridine rings is 1. The fraction of sp³-hybridized carbons (Fsp3) is 0.235. The first-order chi connectivity index (χ1) is 11.0. The predicted octanol–water partition coefficient (Wildman–Crippen LogP) is 1.80. The van der Waals surface area contributed by atoms with Crippen LogP contribution in [0.5, 0.6) is 5.75 Å². The van der Waals surface area contributed by atoms with Crippen LogP contribution in [0.25, 0.3) is 0 Å². The van der Waals surface area contributed by atoms with Gasteiger partial charge in [0.1, 0.15) is 0 Å². The molecule has 2 heterocycles. The normalized spacial score (nSPS) is 19.3. The van der Waals surface area contributed by atoms with Crippen molar-refractivity contribution in [2.24, 2.45) is 0 Å². The summed E-state index contributed by atoms with van der Waals surface area (Å²) in [6, 6.07) is 11.1. The van der Waals surface area contributed by atoms with Crippen molar-refractivity contribution in [2.75, 3.05) is 5.32 Å². The van der Waals surface area contributed by atoms with Crippen LogP contribution in [0.4, 0.5) is 5.82 Å². The van der Waals surface area contributed by atoms with Gasteiger partial charge in [-0.2, -0.15) is 0 Å². The second kappa shape index (κ2) is 5.72. The number of aryl methyl sites for hydroxylation is 1. The van der Waals surface area contributed by atoms with Gasteiger partial charge >= 0.3 is 0 Å². The first-order valence-electron chi connectivity index (χ1n) is 7.29. The summed E-state index contributed by atoms with van der Waals surface area (Å²) in [5.41, 5.74) is 0.433. The number of carbonyl (C=O) groups excluding carboxylic acids is 2. The van der Waals surface area contributed by atoms with E-state index in [2.05, 4.69) is 15.6 Å². The zero-order chi connectivity index (χ0) is 16.4. The first kappa shape index (κ1) is 15.0. The molecule has 1 atom stereocenters. The van der Waals surface area contributed by atoms with Crippen LogP contribution < -0.4 is 15.4 Å². The van der Waals surface area contributed by atoms with E-state index in [9.17, 15) is 9.59 Å². The molecule has 0 bridgehead atoms. The minimum Gasteiger partial charge on any atom is -0.464 e. The molecule has 2 aromatic rings. The van der Waals surface area contributed by atoms with Crippen LogP contribution in [0, 0.1) is 6.92 Å². The molecule has 118 valence electrons. The highest BCUT2D eigenvalue weighted by Gasteiger charge is 2.47. The summed E-state index contributed by atoms with van der Waals surface area (Å²) in [5.74, 6) is -0.332. The van der Waals surface area contributed by atoms with Crippen LogP contribution in [-0.2, 0) is 16.1 Å². The number of anilines is 1. The number of aromatic nitrogens is 1. The van der Waals surface area contributed by atoms with Gasteiger partial charge in [-0.1, -0.05) is 24.3 Å². The number of nitrogens with one attached hydrogen (secondary N) is 2. The number of rotatable bonds is 3. The number of amides is 2. The predicted molar refractivity (Wildman–Crippen MR) is 84.9 cm³/mol. The lowest BCUT2D eigenvalue weighted by atomic mass is 10.0. The largest absolute Gasteiger partial charge is 0.464 e. The second-order valence-electron chi connectivity index (χ2n) is 5.55. The highest BCUT2D eigenvalue weighted by atomic mass is 16.5. The Morgan fingerprint density at radius 3 is 2.87 bits per heavy atom. The van der Waals surface area contributed by atoms with E-state index in [-0.39, 0.29) is 0 Å². The molecule has 0 fully saturated rings. The van der Waals surface area contributed by atoms with Crippen molar-refractivity contribution in [1.82, 2.24) is 10.3 Å². The molecule has 23 heavy (non-hydrogen) atoms. The Balaban J connectivity index is 1.76. The summed E-state index contributed by atoms with van der Waals surface area (Å²) in [6.07, 6.45) is 1.55. The van der Waals surface area contributed by atoms with Crippen LogP contribution >= 0.6 is 0 Å². The molecule has 0 unspecified atom stereocenters. The molecule has 0 saturated heterocycles. The van der Waals surface area contributed by atoms with Crippen LogP contribution in [0.2, 0.25) is 0 Å². The number of nitrogens with zero attached hydrogens (tertiary/aromatic N) is 1. The molecule has 6 heteroatoms. The van der Waals surface area contributed by atoms with Crippen LogP contribution in [-0.4, -0.2) is 22.4 Å². The van der Waals surface area contributed by atoms with E-state index in [1.54, 1.807) is 18.3 Å². The third kappa shape index (κ3) is 2.75. The van der Waals surface area contributed by atoms with Gasteiger partial charge in [-0.05, 0) is 37.1 Å². The number of fused-ring (bicyclic) bond motifs is 1. The van der Waals surface area contributed by atoms with Gasteiger partial charge in [0.15, 0.2) is 11.6 Å². The Kier molecular flexibility index (Phi) is 3.73. The lowest BCUT2D eigenvalue weighted by Gasteiger charge is -2.32.